The summed E-state index contributed by atoms with van der Waals surface area (Å²) in [6, 6.07) is 0. The van der Waals surface area contributed by atoms with Crippen LogP contribution in [0, 0.1) is 5.92 Å². The quantitative estimate of drug-likeness (QED) is 0.361. The smallest absolute Gasteiger partial charge is 0.0445 e. The summed E-state index contributed by atoms with van der Waals surface area (Å²) < 4.78 is 0. The average molecular weight is 230 g/mol. The first kappa shape index (κ1) is 21.3. The van der Waals surface area contributed by atoms with Crippen LogP contribution in [0.5, 0.6) is 0 Å². The molecule has 0 bridgehead atoms. The first-order chi connectivity index (χ1) is 6.81. The van der Waals surface area contributed by atoms with Gasteiger partial charge in [-0.2, -0.15) is 0 Å². The van der Waals surface area contributed by atoms with Gasteiger partial charge in [0.25, 0.3) is 0 Å². The normalized spacial score (nSPS) is 11.4. The number of hydrogen-bond donors (Lipinski definition) is 0. The lowest BCUT2D eigenvalue weighted by molar-refractivity contribution is 0.470. The SMILES string of the molecule is C.C.CCCCCCCCCCC(C)CC. The fourth-order valence-electron chi connectivity index (χ4n) is 1.83. The van der Waals surface area contributed by atoms with Crippen LogP contribution in [0.3, 0.4) is 0 Å². The fourth-order valence-corrected chi connectivity index (χ4v) is 1.83. The van der Waals surface area contributed by atoms with E-state index in [2.05, 4.69) is 20.8 Å². The Kier molecular flexibility index (Phi) is 23.2. The molecule has 0 amide bonds. The summed E-state index contributed by atoms with van der Waals surface area (Å²) >= 11 is 0. The molecular weight excluding hydrogens is 192 g/mol. The van der Waals surface area contributed by atoms with Gasteiger partial charge in [-0.25, -0.2) is 0 Å². The van der Waals surface area contributed by atoms with E-state index in [0.717, 1.165) is 5.92 Å². The topological polar surface area (TPSA) is 0 Å². The molecule has 0 heterocycles. The molecule has 0 aliphatic rings. The van der Waals surface area contributed by atoms with Crippen LogP contribution in [0.2, 0.25) is 0 Å². The van der Waals surface area contributed by atoms with Gasteiger partial charge in [0, 0.05) is 0 Å². The molecule has 0 rings (SSSR count). The second-order valence-corrected chi connectivity index (χ2v) is 4.78. The Morgan fingerprint density at radius 2 is 1.12 bits per heavy atom. The Morgan fingerprint density at radius 1 is 0.688 bits per heavy atom. The standard InChI is InChI=1S/C14H30.2CH4/c1-4-6-7-8-9-10-11-12-13-14(3)5-2;;/h14H,4-13H2,1-3H3;2*1H4. The lowest BCUT2D eigenvalue weighted by atomic mass is 10.00. The molecule has 0 fully saturated rings. The van der Waals surface area contributed by atoms with Gasteiger partial charge in [0.1, 0.15) is 0 Å². The summed E-state index contributed by atoms with van der Waals surface area (Å²) in [7, 11) is 0. The van der Waals surface area contributed by atoms with Crippen molar-refractivity contribution in [3.63, 3.8) is 0 Å². The molecule has 0 aromatic carbocycles. The minimum absolute atomic E-state index is 0. The van der Waals surface area contributed by atoms with Crippen molar-refractivity contribution in [1.82, 2.24) is 0 Å². The van der Waals surface area contributed by atoms with E-state index < -0.39 is 0 Å². The highest BCUT2D eigenvalue weighted by molar-refractivity contribution is 4.51. The van der Waals surface area contributed by atoms with Crippen molar-refractivity contribution in [2.75, 3.05) is 0 Å². The Hall–Kier alpha value is 0. The zero-order valence-electron chi connectivity index (χ0n) is 10.6. The maximum absolute atomic E-state index is 2.38. The van der Waals surface area contributed by atoms with Crippen LogP contribution in [-0.2, 0) is 0 Å². The highest BCUT2D eigenvalue weighted by atomic mass is 14.0. The van der Waals surface area contributed by atoms with Crippen LogP contribution in [-0.4, -0.2) is 0 Å². The summed E-state index contributed by atoms with van der Waals surface area (Å²) in [5, 5.41) is 0. The van der Waals surface area contributed by atoms with Gasteiger partial charge in [-0.1, -0.05) is 99.8 Å². The number of unbranched alkanes of at least 4 members (excludes halogenated alkanes) is 7. The van der Waals surface area contributed by atoms with E-state index in [1.807, 2.05) is 0 Å². The van der Waals surface area contributed by atoms with E-state index in [9.17, 15) is 0 Å². The molecule has 0 saturated heterocycles. The first-order valence-electron chi connectivity index (χ1n) is 6.81. The number of rotatable bonds is 10. The Labute approximate surface area is 106 Å². The molecule has 0 heteroatoms. The second kappa shape index (κ2) is 17.4. The molecule has 0 nitrogen and oxygen atoms in total. The van der Waals surface area contributed by atoms with Gasteiger partial charge in [0.2, 0.25) is 0 Å². The molecule has 0 spiro atoms. The molecule has 0 aromatic heterocycles. The highest BCUT2D eigenvalue weighted by Crippen LogP contribution is 2.14. The van der Waals surface area contributed by atoms with Crippen molar-refractivity contribution in [3.05, 3.63) is 0 Å². The molecule has 0 saturated carbocycles. The molecule has 1 unspecified atom stereocenters. The predicted molar refractivity (Wildman–Crippen MR) is 80.1 cm³/mol. The molecule has 0 N–H and O–H groups in total. The van der Waals surface area contributed by atoms with Crippen LogP contribution in [0.25, 0.3) is 0 Å². The van der Waals surface area contributed by atoms with Gasteiger partial charge in [-0.05, 0) is 5.92 Å². The van der Waals surface area contributed by atoms with Crippen molar-refractivity contribution in [2.24, 2.45) is 5.92 Å². The van der Waals surface area contributed by atoms with Crippen LogP contribution in [0.15, 0.2) is 0 Å². The zero-order chi connectivity index (χ0) is 10.6. The summed E-state index contributed by atoms with van der Waals surface area (Å²) in [5.74, 6) is 0.954. The van der Waals surface area contributed by atoms with Crippen molar-refractivity contribution >= 4 is 0 Å². The lowest BCUT2D eigenvalue weighted by Crippen LogP contribution is -1.91. The second-order valence-electron chi connectivity index (χ2n) is 4.78. The van der Waals surface area contributed by atoms with Gasteiger partial charge in [-0.15, -0.1) is 0 Å². The van der Waals surface area contributed by atoms with Gasteiger partial charge in [0.15, 0.2) is 0 Å². The van der Waals surface area contributed by atoms with Crippen molar-refractivity contribution < 1.29 is 0 Å². The van der Waals surface area contributed by atoms with Crippen LogP contribution < -0.4 is 0 Å². The lowest BCUT2D eigenvalue weighted by Gasteiger charge is -2.07. The van der Waals surface area contributed by atoms with Crippen molar-refractivity contribution in [3.8, 4) is 0 Å². The van der Waals surface area contributed by atoms with Gasteiger partial charge < -0.3 is 0 Å². The maximum Gasteiger partial charge on any atom is -0.0445 e. The Morgan fingerprint density at radius 3 is 1.56 bits per heavy atom. The molecule has 0 aliphatic carbocycles. The molecular formula is C16H38. The van der Waals surface area contributed by atoms with Gasteiger partial charge >= 0.3 is 0 Å². The molecule has 0 aromatic rings. The van der Waals surface area contributed by atoms with Crippen molar-refractivity contribution in [1.29, 1.82) is 0 Å². The number of hydrogen-bond acceptors (Lipinski definition) is 0. The summed E-state index contributed by atoms with van der Waals surface area (Å²) in [5.41, 5.74) is 0. The molecule has 16 heavy (non-hydrogen) atoms. The minimum Gasteiger partial charge on any atom is -0.0776 e. The fraction of sp³-hybridized carbons (Fsp3) is 1.00. The third-order valence-electron chi connectivity index (χ3n) is 3.25. The maximum atomic E-state index is 2.38. The highest BCUT2D eigenvalue weighted by Gasteiger charge is 1.97. The molecule has 0 aliphatic heterocycles. The van der Waals surface area contributed by atoms with E-state index in [4.69, 9.17) is 0 Å². The third-order valence-corrected chi connectivity index (χ3v) is 3.25. The van der Waals surface area contributed by atoms with Gasteiger partial charge in [0.05, 0.1) is 0 Å². The molecule has 1 atom stereocenters. The van der Waals surface area contributed by atoms with Crippen molar-refractivity contribution in [2.45, 2.75) is 99.8 Å². The van der Waals surface area contributed by atoms with E-state index in [1.165, 1.54) is 64.2 Å². The summed E-state index contributed by atoms with van der Waals surface area (Å²) in [6.07, 6.45) is 14.4. The largest absolute Gasteiger partial charge is 0.0776 e. The molecule has 102 valence electrons. The minimum atomic E-state index is 0. The monoisotopic (exact) mass is 230 g/mol. The van der Waals surface area contributed by atoms with Gasteiger partial charge in [-0.3, -0.25) is 0 Å². The summed E-state index contributed by atoms with van der Waals surface area (Å²) in [4.78, 5) is 0. The van der Waals surface area contributed by atoms with E-state index in [1.54, 1.807) is 0 Å². The average Bonchev–Trinajstić information content (AvgIpc) is 2.21. The summed E-state index contributed by atoms with van der Waals surface area (Å²) in [6.45, 7) is 6.96. The van der Waals surface area contributed by atoms with E-state index in [-0.39, 0.29) is 14.9 Å². The van der Waals surface area contributed by atoms with Crippen LogP contribution in [0.4, 0.5) is 0 Å². The van der Waals surface area contributed by atoms with Crippen LogP contribution in [0.1, 0.15) is 99.8 Å². The van der Waals surface area contributed by atoms with Crippen LogP contribution >= 0.6 is 0 Å². The third kappa shape index (κ3) is 16.4. The Balaban J connectivity index is -0.000000845. The van der Waals surface area contributed by atoms with E-state index in [0.29, 0.717) is 0 Å². The van der Waals surface area contributed by atoms with E-state index >= 15 is 0 Å². The zero-order valence-corrected chi connectivity index (χ0v) is 10.6. The first-order valence-corrected chi connectivity index (χ1v) is 6.81. The molecule has 0 radical (unpaired) electrons. The predicted octanol–water partition coefficient (Wildman–Crippen LogP) is 6.84. The Bertz CT molecular complexity index is 96.2.